The van der Waals surface area contributed by atoms with Crippen molar-refractivity contribution in [2.45, 2.75) is 45.7 Å². The number of hydrogen-bond acceptors (Lipinski definition) is 2. The highest BCUT2D eigenvalue weighted by atomic mass is 16.2. The topological polar surface area (TPSA) is 32.3 Å². The van der Waals surface area contributed by atoms with Gasteiger partial charge in [0, 0.05) is 25.6 Å². The van der Waals surface area contributed by atoms with Crippen LogP contribution < -0.4 is 5.32 Å². The zero-order valence-corrected chi connectivity index (χ0v) is 9.05. The third-order valence-corrected chi connectivity index (χ3v) is 2.66. The summed E-state index contributed by atoms with van der Waals surface area (Å²) in [4.78, 5) is 13.7. The lowest BCUT2D eigenvalue weighted by atomic mass is 9.96. The maximum Gasteiger partial charge on any atom is 0.223 e. The van der Waals surface area contributed by atoms with Crippen LogP contribution >= 0.6 is 0 Å². The van der Waals surface area contributed by atoms with E-state index in [-0.39, 0.29) is 11.4 Å². The molecule has 0 radical (unpaired) electrons. The third kappa shape index (κ3) is 2.02. The first kappa shape index (κ1) is 10.5. The van der Waals surface area contributed by atoms with Gasteiger partial charge in [0.1, 0.15) is 0 Å². The van der Waals surface area contributed by atoms with Crippen molar-refractivity contribution >= 4 is 5.91 Å². The van der Waals surface area contributed by atoms with Crippen LogP contribution in [0.4, 0.5) is 0 Å². The maximum absolute atomic E-state index is 11.7. The number of carbonyl (C=O) groups excluding carboxylic acids is 1. The van der Waals surface area contributed by atoms with Crippen molar-refractivity contribution in [3.8, 4) is 0 Å². The number of hydrogen-bond donors (Lipinski definition) is 1. The van der Waals surface area contributed by atoms with Crippen LogP contribution in [0.5, 0.6) is 0 Å². The van der Waals surface area contributed by atoms with Gasteiger partial charge in [-0.05, 0) is 20.8 Å². The van der Waals surface area contributed by atoms with E-state index in [4.69, 9.17) is 0 Å². The molecule has 1 rings (SSSR count). The van der Waals surface area contributed by atoms with E-state index in [0.29, 0.717) is 12.5 Å². The Morgan fingerprint density at radius 1 is 1.62 bits per heavy atom. The number of rotatable bonds is 1. The molecule has 1 aliphatic rings. The summed E-state index contributed by atoms with van der Waals surface area (Å²) >= 11 is 0. The van der Waals surface area contributed by atoms with Crippen LogP contribution in [0.25, 0.3) is 0 Å². The molecule has 0 aliphatic carbocycles. The molecule has 1 fully saturated rings. The molecule has 0 spiro atoms. The smallest absolute Gasteiger partial charge is 0.223 e. The molecule has 76 valence electrons. The normalized spacial score (nSPS) is 27.4. The Kier molecular flexibility index (Phi) is 2.96. The van der Waals surface area contributed by atoms with Gasteiger partial charge < -0.3 is 10.2 Å². The number of carbonyl (C=O) groups is 1. The van der Waals surface area contributed by atoms with Crippen LogP contribution in [-0.2, 0) is 4.79 Å². The van der Waals surface area contributed by atoms with Crippen molar-refractivity contribution in [1.82, 2.24) is 10.2 Å². The molecule has 1 atom stereocenters. The van der Waals surface area contributed by atoms with Gasteiger partial charge in [0.2, 0.25) is 5.91 Å². The molecule has 0 aromatic rings. The van der Waals surface area contributed by atoms with E-state index >= 15 is 0 Å². The van der Waals surface area contributed by atoms with Crippen molar-refractivity contribution < 1.29 is 4.79 Å². The lowest BCUT2D eigenvalue weighted by Crippen LogP contribution is -2.63. The van der Waals surface area contributed by atoms with Crippen LogP contribution in [0.2, 0.25) is 0 Å². The van der Waals surface area contributed by atoms with Crippen molar-refractivity contribution in [2.75, 3.05) is 13.1 Å². The zero-order chi connectivity index (χ0) is 10.1. The summed E-state index contributed by atoms with van der Waals surface area (Å²) < 4.78 is 0. The fraction of sp³-hybridized carbons (Fsp3) is 0.900. The average Bonchev–Trinajstić information content (AvgIpc) is 2.02. The minimum absolute atomic E-state index is 0.0369. The summed E-state index contributed by atoms with van der Waals surface area (Å²) in [5, 5.41) is 3.34. The molecule has 0 saturated carbocycles. The second-order valence-corrected chi connectivity index (χ2v) is 4.41. The maximum atomic E-state index is 11.7. The van der Waals surface area contributed by atoms with E-state index in [9.17, 15) is 4.79 Å². The molecule has 0 aromatic carbocycles. The molecule has 1 unspecified atom stereocenters. The fourth-order valence-corrected chi connectivity index (χ4v) is 2.11. The largest absolute Gasteiger partial charge is 0.332 e. The van der Waals surface area contributed by atoms with Gasteiger partial charge in [0.25, 0.3) is 0 Å². The summed E-state index contributed by atoms with van der Waals surface area (Å²) in [6.45, 7) is 10.1. The highest BCUT2D eigenvalue weighted by molar-refractivity contribution is 5.77. The molecule has 1 heterocycles. The van der Waals surface area contributed by atoms with Crippen LogP contribution in [0.3, 0.4) is 0 Å². The van der Waals surface area contributed by atoms with Gasteiger partial charge in [-0.15, -0.1) is 0 Å². The van der Waals surface area contributed by atoms with Gasteiger partial charge in [0.15, 0.2) is 0 Å². The molecule has 1 aliphatic heterocycles. The summed E-state index contributed by atoms with van der Waals surface area (Å²) in [7, 11) is 0. The number of piperazine rings is 1. The van der Waals surface area contributed by atoms with Crippen molar-refractivity contribution in [2.24, 2.45) is 0 Å². The van der Waals surface area contributed by atoms with Crippen LogP contribution in [0.15, 0.2) is 0 Å². The van der Waals surface area contributed by atoms with Gasteiger partial charge >= 0.3 is 0 Å². The van der Waals surface area contributed by atoms with Crippen molar-refractivity contribution in [3.05, 3.63) is 0 Å². The Morgan fingerprint density at radius 2 is 2.23 bits per heavy atom. The molecule has 1 amide bonds. The molecular formula is C10H20N2O. The second-order valence-electron chi connectivity index (χ2n) is 4.41. The van der Waals surface area contributed by atoms with E-state index < -0.39 is 0 Å². The van der Waals surface area contributed by atoms with Gasteiger partial charge in [0.05, 0.1) is 5.54 Å². The molecule has 0 aromatic heterocycles. The quantitative estimate of drug-likeness (QED) is 0.659. The van der Waals surface area contributed by atoms with E-state index in [1.54, 1.807) is 0 Å². The minimum atomic E-state index is -0.0369. The van der Waals surface area contributed by atoms with E-state index in [0.717, 1.165) is 13.1 Å². The predicted molar refractivity (Wildman–Crippen MR) is 53.5 cm³/mol. The molecule has 3 nitrogen and oxygen atoms in total. The first-order valence-electron chi connectivity index (χ1n) is 5.02. The summed E-state index contributed by atoms with van der Waals surface area (Å²) in [6, 6.07) is 0.316. The van der Waals surface area contributed by atoms with Gasteiger partial charge in [-0.25, -0.2) is 0 Å². The van der Waals surface area contributed by atoms with Crippen molar-refractivity contribution in [3.63, 3.8) is 0 Å². The van der Waals surface area contributed by atoms with Crippen LogP contribution in [0, 0.1) is 0 Å². The molecular weight excluding hydrogens is 164 g/mol. The predicted octanol–water partition coefficient (Wildman–Crippen LogP) is 0.995. The Bertz CT molecular complexity index is 201. The second kappa shape index (κ2) is 3.66. The molecule has 1 N–H and O–H groups in total. The SMILES string of the molecule is CCC(=O)N1C(C)CNCC1(C)C. The fourth-order valence-electron chi connectivity index (χ4n) is 2.11. The van der Waals surface area contributed by atoms with E-state index in [1.807, 2.05) is 11.8 Å². The Balaban J connectivity index is 2.80. The van der Waals surface area contributed by atoms with Gasteiger partial charge in [-0.2, -0.15) is 0 Å². The number of amides is 1. The van der Waals surface area contributed by atoms with Crippen molar-refractivity contribution in [1.29, 1.82) is 0 Å². The molecule has 0 bridgehead atoms. The van der Waals surface area contributed by atoms with E-state index in [2.05, 4.69) is 26.1 Å². The Hall–Kier alpha value is -0.570. The highest BCUT2D eigenvalue weighted by Crippen LogP contribution is 2.21. The average molecular weight is 184 g/mol. The monoisotopic (exact) mass is 184 g/mol. The summed E-state index contributed by atoms with van der Waals surface area (Å²) in [5.41, 5.74) is -0.0369. The molecule has 1 saturated heterocycles. The Morgan fingerprint density at radius 3 is 2.69 bits per heavy atom. The van der Waals surface area contributed by atoms with Gasteiger partial charge in [-0.1, -0.05) is 6.92 Å². The standard InChI is InChI=1S/C10H20N2O/c1-5-9(13)12-8(2)6-11-7-10(12,3)4/h8,11H,5-7H2,1-4H3. The molecule has 3 heteroatoms. The Labute approximate surface area is 80.5 Å². The first-order chi connectivity index (χ1) is 5.99. The van der Waals surface area contributed by atoms with Crippen LogP contribution in [0.1, 0.15) is 34.1 Å². The summed E-state index contributed by atoms with van der Waals surface area (Å²) in [5.74, 6) is 0.263. The van der Waals surface area contributed by atoms with Gasteiger partial charge in [-0.3, -0.25) is 4.79 Å². The third-order valence-electron chi connectivity index (χ3n) is 2.66. The highest BCUT2D eigenvalue weighted by Gasteiger charge is 2.36. The van der Waals surface area contributed by atoms with E-state index in [1.165, 1.54) is 0 Å². The lowest BCUT2D eigenvalue weighted by Gasteiger charge is -2.47. The van der Waals surface area contributed by atoms with Crippen LogP contribution in [-0.4, -0.2) is 35.5 Å². The lowest BCUT2D eigenvalue weighted by molar-refractivity contribution is -0.140. The first-order valence-corrected chi connectivity index (χ1v) is 5.02. The summed E-state index contributed by atoms with van der Waals surface area (Å²) in [6.07, 6.45) is 0.605. The molecule has 13 heavy (non-hydrogen) atoms. The zero-order valence-electron chi connectivity index (χ0n) is 9.05. The minimum Gasteiger partial charge on any atom is -0.332 e. The number of nitrogens with one attached hydrogen (secondary N) is 1. The number of nitrogens with zero attached hydrogens (tertiary/aromatic N) is 1.